The lowest BCUT2D eigenvalue weighted by molar-refractivity contribution is -0.917. The number of hydrogen-bond acceptors (Lipinski definition) is 4. The summed E-state index contributed by atoms with van der Waals surface area (Å²) in [5.41, 5.74) is 4.64. The maximum atomic E-state index is 13.6. The largest absolute Gasteiger partial charge is 0.454 e. The van der Waals surface area contributed by atoms with Crippen LogP contribution in [0.2, 0.25) is 0 Å². The van der Waals surface area contributed by atoms with Crippen molar-refractivity contribution in [3.8, 4) is 22.8 Å². The van der Waals surface area contributed by atoms with Crippen molar-refractivity contribution in [3.63, 3.8) is 0 Å². The highest BCUT2D eigenvalue weighted by Crippen LogP contribution is 2.32. The number of hydrogen-bond donors (Lipinski definition) is 1. The second-order valence-corrected chi connectivity index (χ2v) is 8.84. The van der Waals surface area contributed by atoms with Crippen LogP contribution in [0, 0.1) is 0 Å². The number of quaternary nitrogens is 1. The zero-order valence-corrected chi connectivity index (χ0v) is 18.9. The fraction of sp³-hybridized carbons (Fsp3) is 0.214. The molecule has 3 heterocycles. The minimum atomic E-state index is 0.0814. The Balaban J connectivity index is 1.20. The van der Waals surface area contributed by atoms with Crippen molar-refractivity contribution in [3.05, 3.63) is 90.0 Å². The van der Waals surface area contributed by atoms with Crippen molar-refractivity contribution >= 4 is 16.8 Å². The predicted molar refractivity (Wildman–Crippen MR) is 130 cm³/mol. The lowest BCUT2D eigenvalue weighted by Gasteiger charge is -2.32. The smallest absolute Gasteiger partial charge is 0.255 e. The second kappa shape index (κ2) is 8.80. The molecule has 0 atom stereocenters. The van der Waals surface area contributed by atoms with Gasteiger partial charge in [0, 0.05) is 16.5 Å². The highest BCUT2D eigenvalue weighted by molar-refractivity contribution is 6.07. The van der Waals surface area contributed by atoms with E-state index in [9.17, 15) is 4.79 Å². The van der Waals surface area contributed by atoms with Gasteiger partial charge < -0.3 is 19.3 Å². The Kier molecular flexibility index (Phi) is 5.35. The molecule has 6 heteroatoms. The molecule has 0 radical (unpaired) electrons. The number of amides is 1. The van der Waals surface area contributed by atoms with Gasteiger partial charge in [-0.25, -0.2) is 4.98 Å². The standard InChI is InChI=1S/C28H25N3O3/c32-28(23-17-25(21-6-2-1-3-7-21)29-24-9-5-4-8-22(23)24)31-14-12-30(13-15-31)18-20-10-11-26-27(16-20)34-19-33-26/h1-11,16-17H,12-15,18-19H2/p+1. The fourth-order valence-electron chi connectivity index (χ4n) is 4.82. The van der Waals surface area contributed by atoms with Crippen LogP contribution in [0.25, 0.3) is 22.2 Å². The van der Waals surface area contributed by atoms with Crippen molar-refractivity contribution in [2.75, 3.05) is 33.0 Å². The quantitative estimate of drug-likeness (QED) is 0.517. The number of nitrogens with one attached hydrogen (secondary N) is 1. The van der Waals surface area contributed by atoms with Gasteiger partial charge >= 0.3 is 0 Å². The van der Waals surface area contributed by atoms with Gasteiger partial charge in [-0.3, -0.25) is 4.79 Å². The average Bonchev–Trinajstić information content (AvgIpc) is 3.37. The molecular formula is C28H26N3O3+. The molecule has 0 bridgehead atoms. The third-order valence-corrected chi connectivity index (χ3v) is 6.67. The van der Waals surface area contributed by atoms with Crippen molar-refractivity contribution in [1.82, 2.24) is 9.88 Å². The number of carbonyl (C=O) groups excluding carboxylic acids is 1. The molecule has 0 spiro atoms. The van der Waals surface area contributed by atoms with Crippen LogP contribution >= 0.6 is 0 Å². The van der Waals surface area contributed by atoms with E-state index in [1.165, 1.54) is 10.5 Å². The maximum Gasteiger partial charge on any atom is 0.255 e. The first-order valence-electron chi connectivity index (χ1n) is 11.7. The van der Waals surface area contributed by atoms with Gasteiger partial charge in [-0.1, -0.05) is 48.5 Å². The number of rotatable bonds is 4. The molecule has 2 aliphatic rings. The molecular weight excluding hydrogens is 426 g/mol. The molecule has 4 aromatic rings. The zero-order chi connectivity index (χ0) is 22.9. The first kappa shape index (κ1) is 20.7. The number of carbonyl (C=O) groups is 1. The number of piperazine rings is 1. The molecule has 3 aromatic carbocycles. The first-order valence-corrected chi connectivity index (χ1v) is 11.7. The van der Waals surface area contributed by atoms with E-state index >= 15 is 0 Å². The third kappa shape index (κ3) is 3.97. The van der Waals surface area contributed by atoms with Gasteiger partial charge in [-0.05, 0) is 30.3 Å². The van der Waals surface area contributed by atoms with Crippen molar-refractivity contribution < 1.29 is 19.2 Å². The predicted octanol–water partition coefficient (Wildman–Crippen LogP) is 3.17. The summed E-state index contributed by atoms with van der Waals surface area (Å²) in [6.07, 6.45) is 0. The molecule has 1 N–H and O–H groups in total. The van der Waals surface area contributed by atoms with Gasteiger partial charge in [0.2, 0.25) is 6.79 Å². The van der Waals surface area contributed by atoms with E-state index in [4.69, 9.17) is 14.5 Å². The SMILES string of the molecule is O=C(c1cc(-c2ccccc2)nc2ccccc12)N1CC[NH+](Cc2ccc3c(c2)OCO3)CC1. The van der Waals surface area contributed by atoms with Crippen LogP contribution in [0.1, 0.15) is 15.9 Å². The van der Waals surface area contributed by atoms with Gasteiger partial charge in [0.25, 0.3) is 5.91 Å². The van der Waals surface area contributed by atoms with E-state index in [-0.39, 0.29) is 5.91 Å². The molecule has 1 fully saturated rings. The van der Waals surface area contributed by atoms with Crippen LogP contribution in [-0.4, -0.2) is 48.8 Å². The maximum absolute atomic E-state index is 13.6. The number of benzene rings is 3. The van der Waals surface area contributed by atoms with Crippen LogP contribution in [0.15, 0.2) is 78.9 Å². The number of aromatic nitrogens is 1. The summed E-state index contributed by atoms with van der Waals surface area (Å²) in [6.45, 7) is 4.49. The highest BCUT2D eigenvalue weighted by atomic mass is 16.7. The number of ether oxygens (including phenoxy) is 2. The van der Waals surface area contributed by atoms with Crippen LogP contribution in [-0.2, 0) is 6.54 Å². The molecule has 0 unspecified atom stereocenters. The number of pyridine rings is 1. The van der Waals surface area contributed by atoms with Crippen molar-refractivity contribution in [1.29, 1.82) is 0 Å². The van der Waals surface area contributed by atoms with Crippen molar-refractivity contribution in [2.24, 2.45) is 0 Å². The van der Waals surface area contributed by atoms with Crippen LogP contribution in [0.4, 0.5) is 0 Å². The van der Waals surface area contributed by atoms with E-state index in [1.807, 2.05) is 71.6 Å². The van der Waals surface area contributed by atoms with Gasteiger partial charge in [-0.15, -0.1) is 0 Å². The normalized spacial score (nSPS) is 15.6. The molecule has 1 saturated heterocycles. The molecule has 6 rings (SSSR count). The third-order valence-electron chi connectivity index (χ3n) is 6.67. The van der Waals surface area contributed by atoms with E-state index in [1.54, 1.807) is 0 Å². The van der Waals surface area contributed by atoms with Crippen LogP contribution in [0.5, 0.6) is 11.5 Å². The van der Waals surface area contributed by atoms with E-state index in [0.29, 0.717) is 6.79 Å². The van der Waals surface area contributed by atoms with E-state index in [2.05, 4.69) is 12.1 Å². The Morgan fingerprint density at radius 3 is 2.50 bits per heavy atom. The Morgan fingerprint density at radius 1 is 0.882 bits per heavy atom. The summed E-state index contributed by atoms with van der Waals surface area (Å²) < 4.78 is 10.9. The Labute approximate surface area is 198 Å². The summed E-state index contributed by atoms with van der Waals surface area (Å²) in [6, 6.07) is 26.1. The first-order chi connectivity index (χ1) is 16.7. The van der Waals surface area contributed by atoms with Crippen LogP contribution < -0.4 is 14.4 Å². The van der Waals surface area contributed by atoms with Crippen molar-refractivity contribution in [2.45, 2.75) is 6.54 Å². The number of para-hydroxylation sites is 1. The molecule has 34 heavy (non-hydrogen) atoms. The number of fused-ring (bicyclic) bond motifs is 2. The highest BCUT2D eigenvalue weighted by Gasteiger charge is 2.27. The molecule has 170 valence electrons. The van der Waals surface area contributed by atoms with Gasteiger partial charge in [0.05, 0.1) is 43.0 Å². The molecule has 1 aromatic heterocycles. The lowest BCUT2D eigenvalue weighted by Crippen LogP contribution is -3.13. The topological polar surface area (TPSA) is 56.1 Å². The Bertz CT molecular complexity index is 1350. The van der Waals surface area contributed by atoms with Gasteiger partial charge in [-0.2, -0.15) is 0 Å². The van der Waals surface area contributed by atoms with Gasteiger partial charge in [0.15, 0.2) is 11.5 Å². The zero-order valence-electron chi connectivity index (χ0n) is 18.9. The summed E-state index contributed by atoms with van der Waals surface area (Å²) in [5, 5.41) is 0.905. The Morgan fingerprint density at radius 2 is 1.65 bits per heavy atom. The van der Waals surface area contributed by atoms with E-state index in [0.717, 1.165) is 71.9 Å². The Hall–Kier alpha value is -3.90. The minimum Gasteiger partial charge on any atom is -0.454 e. The monoisotopic (exact) mass is 452 g/mol. The summed E-state index contributed by atoms with van der Waals surface area (Å²) in [4.78, 5) is 21.9. The summed E-state index contributed by atoms with van der Waals surface area (Å²) in [5.74, 6) is 1.72. The van der Waals surface area contributed by atoms with E-state index < -0.39 is 0 Å². The molecule has 2 aliphatic heterocycles. The minimum absolute atomic E-state index is 0.0814. The molecule has 1 amide bonds. The average molecular weight is 453 g/mol. The summed E-state index contributed by atoms with van der Waals surface area (Å²) >= 11 is 0. The molecule has 6 nitrogen and oxygen atoms in total. The van der Waals surface area contributed by atoms with Crippen LogP contribution in [0.3, 0.4) is 0 Å². The fourth-order valence-corrected chi connectivity index (χ4v) is 4.82. The lowest BCUT2D eigenvalue weighted by atomic mass is 10.0. The second-order valence-electron chi connectivity index (χ2n) is 8.84. The molecule has 0 aliphatic carbocycles. The molecule has 0 saturated carbocycles. The number of nitrogens with zero attached hydrogens (tertiary/aromatic N) is 2. The summed E-state index contributed by atoms with van der Waals surface area (Å²) in [7, 11) is 0. The van der Waals surface area contributed by atoms with Gasteiger partial charge in [0.1, 0.15) is 6.54 Å².